The quantitative estimate of drug-likeness (QED) is 0.166. The van der Waals surface area contributed by atoms with E-state index in [1.807, 2.05) is 0 Å². The lowest BCUT2D eigenvalue weighted by Gasteiger charge is -2.39. The van der Waals surface area contributed by atoms with Crippen molar-refractivity contribution in [2.45, 2.75) is 70.8 Å². The standard InChI is InChI=1S/C61H54N2O/c1-59(2,3)42-36-41(37-43(38-42)60(4,5)6)46-26-17-20-40-21-18-27-48(57(40)46)47-24-11-13-29-52(47)62(54-30-19-32-56-58(54)49-25-12-14-31-55(49)64-56)45-33-34-53-50(39-45)51-28-15-16-35-61(51,7)63(53)44-22-9-8-10-23-44/h8-39,51H,1-7H3. The highest BCUT2D eigenvalue weighted by atomic mass is 16.3. The lowest BCUT2D eigenvalue weighted by molar-refractivity contribution is 0.542. The van der Waals surface area contributed by atoms with Gasteiger partial charge in [0.05, 0.1) is 22.3 Å². The van der Waals surface area contributed by atoms with Crippen molar-refractivity contribution in [2.24, 2.45) is 0 Å². The van der Waals surface area contributed by atoms with Gasteiger partial charge in [-0.1, -0.05) is 181 Å². The predicted molar refractivity (Wildman–Crippen MR) is 272 cm³/mol. The largest absolute Gasteiger partial charge is 0.456 e. The van der Waals surface area contributed by atoms with E-state index in [1.54, 1.807) is 0 Å². The van der Waals surface area contributed by atoms with Gasteiger partial charge in [0.2, 0.25) is 0 Å². The molecular weight excluding hydrogens is 777 g/mol. The molecule has 0 amide bonds. The third-order valence-electron chi connectivity index (χ3n) is 13.8. The molecule has 0 fully saturated rings. The van der Waals surface area contributed by atoms with Gasteiger partial charge in [-0.25, -0.2) is 0 Å². The van der Waals surface area contributed by atoms with Gasteiger partial charge in [-0.15, -0.1) is 0 Å². The van der Waals surface area contributed by atoms with Crippen molar-refractivity contribution in [3.63, 3.8) is 0 Å². The molecule has 1 aliphatic carbocycles. The van der Waals surface area contributed by atoms with Gasteiger partial charge in [0.25, 0.3) is 0 Å². The van der Waals surface area contributed by atoms with Gasteiger partial charge in [0.15, 0.2) is 0 Å². The van der Waals surface area contributed by atoms with E-state index >= 15 is 0 Å². The van der Waals surface area contributed by atoms with Crippen molar-refractivity contribution in [1.29, 1.82) is 0 Å². The van der Waals surface area contributed by atoms with E-state index in [1.165, 1.54) is 55.5 Å². The summed E-state index contributed by atoms with van der Waals surface area (Å²) < 4.78 is 6.59. The Morgan fingerprint density at radius 2 is 1.19 bits per heavy atom. The zero-order chi connectivity index (χ0) is 44.0. The summed E-state index contributed by atoms with van der Waals surface area (Å²) in [6, 6.07) is 62.7. The highest BCUT2D eigenvalue weighted by molar-refractivity contribution is 6.15. The number of anilines is 5. The summed E-state index contributed by atoms with van der Waals surface area (Å²) >= 11 is 0. The number of allylic oxidation sites excluding steroid dienone is 2. The Kier molecular flexibility index (Phi) is 9.15. The Balaban J connectivity index is 1.18. The Morgan fingerprint density at radius 3 is 1.95 bits per heavy atom. The summed E-state index contributed by atoms with van der Waals surface area (Å²) in [6.45, 7) is 16.3. The van der Waals surface area contributed by atoms with Crippen LogP contribution in [0.5, 0.6) is 0 Å². The van der Waals surface area contributed by atoms with Crippen LogP contribution in [0.3, 0.4) is 0 Å². The van der Waals surface area contributed by atoms with Gasteiger partial charge < -0.3 is 14.2 Å². The van der Waals surface area contributed by atoms with Crippen molar-refractivity contribution >= 4 is 61.1 Å². The van der Waals surface area contributed by atoms with E-state index in [4.69, 9.17) is 4.42 Å². The topological polar surface area (TPSA) is 19.6 Å². The van der Waals surface area contributed by atoms with E-state index in [-0.39, 0.29) is 22.3 Å². The summed E-state index contributed by atoms with van der Waals surface area (Å²) in [5.74, 6) is 0.151. The molecule has 0 spiro atoms. The first-order chi connectivity index (χ1) is 30.9. The zero-order valence-corrected chi connectivity index (χ0v) is 37.9. The van der Waals surface area contributed by atoms with Crippen LogP contribution in [0.1, 0.15) is 71.1 Å². The van der Waals surface area contributed by atoms with E-state index < -0.39 is 0 Å². The molecule has 314 valence electrons. The summed E-state index contributed by atoms with van der Waals surface area (Å²) in [4.78, 5) is 5.01. The summed E-state index contributed by atoms with van der Waals surface area (Å²) in [5, 5.41) is 4.66. The van der Waals surface area contributed by atoms with Crippen LogP contribution in [-0.4, -0.2) is 5.54 Å². The van der Waals surface area contributed by atoms with Crippen LogP contribution in [0.2, 0.25) is 0 Å². The molecule has 9 aromatic rings. The van der Waals surface area contributed by atoms with Gasteiger partial charge in [-0.05, 0) is 117 Å². The summed E-state index contributed by atoms with van der Waals surface area (Å²) in [7, 11) is 0. The highest BCUT2D eigenvalue weighted by Gasteiger charge is 2.47. The number of furan rings is 1. The Hall–Kier alpha value is -7.10. The fourth-order valence-electron chi connectivity index (χ4n) is 10.4. The van der Waals surface area contributed by atoms with Crippen LogP contribution in [0.25, 0.3) is 55.0 Å². The van der Waals surface area contributed by atoms with Crippen LogP contribution in [0.15, 0.2) is 199 Å². The van der Waals surface area contributed by atoms with Gasteiger partial charge in [0, 0.05) is 33.9 Å². The van der Waals surface area contributed by atoms with Gasteiger partial charge in [-0.3, -0.25) is 0 Å². The molecule has 1 aromatic heterocycles. The first-order valence-electron chi connectivity index (χ1n) is 22.7. The maximum Gasteiger partial charge on any atom is 0.137 e. The molecule has 2 heterocycles. The van der Waals surface area contributed by atoms with Gasteiger partial charge in [-0.2, -0.15) is 0 Å². The smallest absolute Gasteiger partial charge is 0.137 e. The minimum atomic E-state index is -0.267. The molecule has 2 aliphatic rings. The van der Waals surface area contributed by atoms with Crippen molar-refractivity contribution in [3.8, 4) is 22.3 Å². The van der Waals surface area contributed by atoms with Crippen molar-refractivity contribution in [3.05, 3.63) is 211 Å². The average molecular weight is 831 g/mol. The van der Waals surface area contributed by atoms with Crippen LogP contribution in [-0.2, 0) is 10.8 Å². The third kappa shape index (κ3) is 6.40. The van der Waals surface area contributed by atoms with E-state index in [9.17, 15) is 0 Å². The number of hydrogen-bond acceptors (Lipinski definition) is 3. The molecule has 64 heavy (non-hydrogen) atoms. The van der Waals surface area contributed by atoms with Crippen molar-refractivity contribution in [1.82, 2.24) is 0 Å². The molecule has 3 heteroatoms. The highest BCUT2D eigenvalue weighted by Crippen LogP contribution is 2.56. The van der Waals surface area contributed by atoms with Gasteiger partial charge >= 0.3 is 0 Å². The first-order valence-corrected chi connectivity index (χ1v) is 22.7. The Bertz CT molecular complexity index is 3300. The predicted octanol–water partition coefficient (Wildman–Crippen LogP) is 17.3. The maximum absolute atomic E-state index is 6.59. The number of hydrogen-bond donors (Lipinski definition) is 0. The van der Waals surface area contributed by atoms with Crippen molar-refractivity contribution < 1.29 is 4.42 Å². The van der Waals surface area contributed by atoms with E-state index in [0.717, 1.165) is 44.6 Å². The van der Waals surface area contributed by atoms with Crippen LogP contribution in [0, 0.1) is 0 Å². The molecule has 0 saturated heterocycles. The Labute approximate surface area is 377 Å². The number of fused-ring (bicyclic) bond motifs is 7. The maximum atomic E-state index is 6.59. The lowest BCUT2D eigenvalue weighted by Crippen LogP contribution is -2.41. The minimum Gasteiger partial charge on any atom is -0.456 e. The SMILES string of the molecule is CC(C)(C)c1cc(-c2cccc3cccc(-c4ccccc4N(c4ccc5c(c4)C4C=CC=CC4(C)N5c4ccccc4)c4cccc5oc6ccccc6c45)c23)cc(C(C)(C)C)c1. The molecule has 1 aliphatic heterocycles. The number of para-hydroxylation sites is 3. The first kappa shape index (κ1) is 39.7. The van der Waals surface area contributed by atoms with Crippen LogP contribution in [0.4, 0.5) is 28.4 Å². The van der Waals surface area contributed by atoms with Crippen LogP contribution >= 0.6 is 0 Å². The third-order valence-corrected chi connectivity index (χ3v) is 13.8. The van der Waals surface area contributed by atoms with E-state index in [2.05, 4.69) is 252 Å². The second-order valence-electron chi connectivity index (χ2n) is 20.0. The van der Waals surface area contributed by atoms with E-state index in [0.29, 0.717) is 0 Å². The summed E-state index contributed by atoms with van der Waals surface area (Å²) in [5.41, 5.74) is 16.0. The minimum absolute atomic E-state index is 0.00999. The monoisotopic (exact) mass is 830 g/mol. The zero-order valence-electron chi connectivity index (χ0n) is 37.9. The fourth-order valence-corrected chi connectivity index (χ4v) is 10.4. The second kappa shape index (κ2) is 14.7. The molecule has 8 aromatic carbocycles. The molecule has 2 atom stereocenters. The Morgan fingerprint density at radius 1 is 0.547 bits per heavy atom. The van der Waals surface area contributed by atoms with Gasteiger partial charge in [0.1, 0.15) is 11.2 Å². The molecule has 0 N–H and O–H groups in total. The van der Waals surface area contributed by atoms with Crippen molar-refractivity contribution in [2.75, 3.05) is 9.80 Å². The molecule has 3 nitrogen and oxygen atoms in total. The molecular formula is C61H54N2O. The molecule has 2 unspecified atom stereocenters. The second-order valence-corrected chi connectivity index (χ2v) is 20.0. The molecule has 0 bridgehead atoms. The summed E-state index contributed by atoms with van der Waals surface area (Å²) in [6.07, 6.45) is 9.16. The molecule has 0 radical (unpaired) electrons. The number of nitrogens with zero attached hydrogens (tertiary/aromatic N) is 2. The average Bonchev–Trinajstić information content (AvgIpc) is 3.81. The molecule has 0 saturated carbocycles. The number of rotatable bonds is 6. The molecule has 11 rings (SSSR count). The fraction of sp³-hybridized carbons (Fsp3) is 0.180. The number of benzene rings is 8. The van der Waals surface area contributed by atoms with Crippen LogP contribution < -0.4 is 9.80 Å². The normalized spacial score (nSPS) is 17.0. The lowest BCUT2D eigenvalue weighted by atomic mass is 9.78.